The largest absolute Gasteiger partial charge is 0.452 e. The molecule has 1 N–H and O–H groups in total. The second-order valence-corrected chi connectivity index (χ2v) is 7.40. The van der Waals surface area contributed by atoms with Crippen LogP contribution in [0.2, 0.25) is 0 Å². The lowest BCUT2D eigenvalue weighted by molar-refractivity contribution is -0.131. The molecule has 0 bridgehead atoms. The Balaban J connectivity index is 1.96. The number of amides is 2. The molecule has 1 atom stereocenters. The Hall–Kier alpha value is -2.46. The number of hydrogen-bond donors (Lipinski definition) is 1. The average Bonchev–Trinajstić information content (AvgIpc) is 3.05. The van der Waals surface area contributed by atoms with Crippen LogP contribution in [0.25, 0.3) is 0 Å². The van der Waals surface area contributed by atoms with Crippen molar-refractivity contribution in [2.24, 2.45) is 0 Å². The molecule has 1 fully saturated rings. The van der Waals surface area contributed by atoms with Crippen LogP contribution >= 0.6 is 0 Å². The van der Waals surface area contributed by atoms with E-state index in [1.165, 1.54) is 24.3 Å². The van der Waals surface area contributed by atoms with Crippen LogP contribution < -0.4 is 4.72 Å². The van der Waals surface area contributed by atoms with Gasteiger partial charge >= 0.3 is 12.1 Å². The summed E-state index contributed by atoms with van der Waals surface area (Å²) in [6, 6.07) is 4.93. The number of ether oxygens (including phenoxy) is 2. The summed E-state index contributed by atoms with van der Waals surface area (Å²) in [6.07, 6.45) is -0.128. The maximum absolute atomic E-state index is 12.2. The highest BCUT2D eigenvalue weighted by Gasteiger charge is 2.29. The van der Waals surface area contributed by atoms with Gasteiger partial charge in [-0.05, 0) is 37.6 Å². The number of benzene rings is 1. The number of cyclic esters (lactones) is 1. The van der Waals surface area contributed by atoms with Crippen molar-refractivity contribution in [2.45, 2.75) is 31.2 Å². The fourth-order valence-corrected chi connectivity index (χ4v) is 3.42. The van der Waals surface area contributed by atoms with Crippen molar-refractivity contribution in [3.8, 4) is 0 Å². The molecular weight excluding hydrogens is 364 g/mol. The fourth-order valence-electron chi connectivity index (χ4n) is 2.09. The number of carbonyl (C=O) groups is 3. The van der Waals surface area contributed by atoms with Gasteiger partial charge in [-0.1, -0.05) is 6.92 Å². The molecule has 1 aromatic carbocycles. The lowest BCUT2D eigenvalue weighted by atomic mass is 10.2. The smallest absolute Gasteiger partial charge is 0.416 e. The van der Waals surface area contributed by atoms with Gasteiger partial charge in [-0.15, -0.1) is 0 Å². The zero-order chi connectivity index (χ0) is 19.3. The highest BCUT2D eigenvalue weighted by molar-refractivity contribution is 7.89. The van der Waals surface area contributed by atoms with E-state index in [9.17, 15) is 22.8 Å². The standard InChI is InChI=1S/C16H20N2O7S/c1-3-11(2)17-26(22,23)13-6-4-12(5-7-13)15(20)25-10-14(19)18-8-9-24-16(18)21/h4-7,11,17H,3,8-10H2,1-2H3/t11-/m0/s1. The van der Waals surface area contributed by atoms with E-state index in [4.69, 9.17) is 4.74 Å². The minimum absolute atomic E-state index is 0.0187. The Labute approximate surface area is 151 Å². The van der Waals surface area contributed by atoms with Crippen LogP contribution in [0.5, 0.6) is 0 Å². The number of rotatable bonds is 7. The summed E-state index contributed by atoms with van der Waals surface area (Å²) in [7, 11) is -3.67. The van der Waals surface area contributed by atoms with Gasteiger partial charge in [0, 0.05) is 6.04 Å². The number of sulfonamides is 1. The molecule has 0 aromatic heterocycles. The van der Waals surface area contributed by atoms with Gasteiger partial charge in [0.25, 0.3) is 5.91 Å². The topological polar surface area (TPSA) is 119 Å². The van der Waals surface area contributed by atoms with E-state index in [1.807, 2.05) is 6.92 Å². The number of carbonyl (C=O) groups excluding carboxylic acids is 3. The van der Waals surface area contributed by atoms with Gasteiger partial charge in [0.15, 0.2) is 6.61 Å². The average molecular weight is 384 g/mol. The van der Waals surface area contributed by atoms with E-state index in [-0.39, 0.29) is 29.7 Å². The first-order chi connectivity index (χ1) is 12.2. The molecule has 0 radical (unpaired) electrons. The highest BCUT2D eigenvalue weighted by Crippen LogP contribution is 2.13. The molecule has 1 aliphatic heterocycles. The van der Waals surface area contributed by atoms with Crippen LogP contribution in [-0.2, 0) is 24.3 Å². The molecule has 0 aliphatic carbocycles. The lowest BCUT2D eigenvalue weighted by Gasteiger charge is -2.12. The maximum atomic E-state index is 12.2. The summed E-state index contributed by atoms with van der Waals surface area (Å²) in [5.41, 5.74) is 0.0873. The van der Waals surface area contributed by atoms with E-state index < -0.39 is 34.6 Å². The molecule has 0 spiro atoms. The molecule has 0 unspecified atom stereocenters. The van der Waals surface area contributed by atoms with Crippen molar-refractivity contribution in [3.05, 3.63) is 29.8 Å². The summed E-state index contributed by atoms with van der Waals surface area (Å²) in [5.74, 6) is -1.48. The normalized spacial score (nSPS) is 15.5. The molecule has 1 aliphatic rings. The Morgan fingerprint density at radius 1 is 1.31 bits per heavy atom. The molecule has 1 aromatic rings. The minimum atomic E-state index is -3.67. The molecule has 2 rings (SSSR count). The summed E-state index contributed by atoms with van der Waals surface area (Å²) < 4.78 is 36.3. The predicted molar refractivity (Wildman–Crippen MR) is 89.9 cm³/mol. The third-order valence-electron chi connectivity index (χ3n) is 3.76. The zero-order valence-corrected chi connectivity index (χ0v) is 15.2. The van der Waals surface area contributed by atoms with E-state index in [2.05, 4.69) is 9.46 Å². The third-order valence-corrected chi connectivity index (χ3v) is 5.36. The van der Waals surface area contributed by atoms with Crippen LogP contribution in [0.15, 0.2) is 29.2 Å². The zero-order valence-electron chi connectivity index (χ0n) is 14.4. The minimum Gasteiger partial charge on any atom is -0.452 e. The van der Waals surface area contributed by atoms with Crippen LogP contribution in [0.3, 0.4) is 0 Å². The number of nitrogens with one attached hydrogen (secondary N) is 1. The second kappa shape index (κ2) is 8.28. The summed E-state index contributed by atoms with van der Waals surface area (Å²) in [4.78, 5) is 35.8. The Bertz CT molecular complexity index is 789. The van der Waals surface area contributed by atoms with Gasteiger partial charge in [0.05, 0.1) is 17.0 Å². The van der Waals surface area contributed by atoms with Crippen molar-refractivity contribution in [1.82, 2.24) is 9.62 Å². The quantitative estimate of drug-likeness (QED) is 0.694. The molecule has 2 amide bonds. The first-order valence-electron chi connectivity index (χ1n) is 8.01. The van der Waals surface area contributed by atoms with E-state index in [0.717, 1.165) is 4.90 Å². The van der Waals surface area contributed by atoms with Crippen LogP contribution in [-0.4, -0.2) is 57.1 Å². The predicted octanol–water partition coefficient (Wildman–Crippen LogP) is 0.899. The molecular formula is C16H20N2O7S. The third kappa shape index (κ3) is 4.79. The van der Waals surface area contributed by atoms with Crippen LogP contribution in [0.1, 0.15) is 30.6 Å². The van der Waals surface area contributed by atoms with Crippen molar-refractivity contribution in [1.29, 1.82) is 0 Å². The van der Waals surface area contributed by atoms with Crippen molar-refractivity contribution in [3.63, 3.8) is 0 Å². The first kappa shape index (κ1) is 19.9. The highest BCUT2D eigenvalue weighted by atomic mass is 32.2. The Morgan fingerprint density at radius 2 is 1.96 bits per heavy atom. The molecule has 1 heterocycles. The molecule has 142 valence electrons. The Morgan fingerprint density at radius 3 is 2.50 bits per heavy atom. The van der Waals surface area contributed by atoms with Crippen LogP contribution in [0, 0.1) is 0 Å². The molecule has 9 nitrogen and oxygen atoms in total. The monoisotopic (exact) mass is 384 g/mol. The number of esters is 1. The Kier molecular flexibility index (Phi) is 6.32. The molecule has 10 heteroatoms. The van der Waals surface area contributed by atoms with Gasteiger partial charge in [-0.3, -0.25) is 4.79 Å². The van der Waals surface area contributed by atoms with Crippen molar-refractivity contribution < 1.29 is 32.3 Å². The number of hydrogen-bond acceptors (Lipinski definition) is 7. The van der Waals surface area contributed by atoms with Crippen LogP contribution in [0.4, 0.5) is 4.79 Å². The lowest BCUT2D eigenvalue weighted by Crippen LogP contribution is -2.35. The molecule has 1 saturated heterocycles. The SMILES string of the molecule is CC[C@H](C)NS(=O)(=O)c1ccc(C(=O)OCC(=O)N2CCOC2=O)cc1. The van der Waals surface area contributed by atoms with E-state index in [0.29, 0.717) is 6.42 Å². The summed E-state index contributed by atoms with van der Waals surface area (Å²) >= 11 is 0. The van der Waals surface area contributed by atoms with Gasteiger partial charge in [0.1, 0.15) is 6.61 Å². The summed E-state index contributed by atoms with van der Waals surface area (Å²) in [6.45, 7) is 3.22. The van der Waals surface area contributed by atoms with E-state index in [1.54, 1.807) is 6.92 Å². The van der Waals surface area contributed by atoms with Gasteiger partial charge in [-0.25, -0.2) is 27.6 Å². The van der Waals surface area contributed by atoms with Gasteiger partial charge in [-0.2, -0.15) is 0 Å². The van der Waals surface area contributed by atoms with Gasteiger partial charge < -0.3 is 9.47 Å². The van der Waals surface area contributed by atoms with E-state index >= 15 is 0 Å². The summed E-state index contributed by atoms with van der Waals surface area (Å²) in [5, 5.41) is 0. The first-order valence-corrected chi connectivity index (χ1v) is 9.49. The number of imide groups is 1. The van der Waals surface area contributed by atoms with Crippen molar-refractivity contribution >= 4 is 28.0 Å². The molecule has 26 heavy (non-hydrogen) atoms. The fraction of sp³-hybridized carbons (Fsp3) is 0.438. The number of nitrogens with zero attached hydrogens (tertiary/aromatic N) is 1. The maximum Gasteiger partial charge on any atom is 0.416 e. The van der Waals surface area contributed by atoms with Gasteiger partial charge in [0.2, 0.25) is 10.0 Å². The van der Waals surface area contributed by atoms with Crippen molar-refractivity contribution in [2.75, 3.05) is 19.8 Å². The molecule has 0 saturated carbocycles. The second-order valence-electron chi connectivity index (χ2n) is 5.69.